The van der Waals surface area contributed by atoms with Crippen molar-refractivity contribution in [3.05, 3.63) is 30.1 Å². The maximum atomic E-state index is 4.32. The molecular formula is C14H24N8. The molecule has 0 amide bonds. The van der Waals surface area contributed by atoms with Gasteiger partial charge in [-0.1, -0.05) is 6.92 Å². The highest BCUT2D eigenvalue weighted by Crippen LogP contribution is 2.01. The fraction of sp³-hybridized carbons (Fsp3) is 0.571. The molecule has 2 rings (SSSR count). The van der Waals surface area contributed by atoms with Crippen molar-refractivity contribution in [2.24, 2.45) is 12.0 Å². The normalized spacial score (nSPS) is 11.7. The van der Waals surface area contributed by atoms with Gasteiger partial charge in [0, 0.05) is 59.0 Å². The predicted molar refractivity (Wildman–Crippen MR) is 85.4 cm³/mol. The summed E-state index contributed by atoms with van der Waals surface area (Å²) in [6, 6.07) is 0. The van der Waals surface area contributed by atoms with E-state index in [-0.39, 0.29) is 0 Å². The van der Waals surface area contributed by atoms with E-state index in [1.807, 2.05) is 26.5 Å². The molecule has 0 aliphatic carbocycles. The highest BCUT2D eigenvalue weighted by atomic mass is 15.3. The van der Waals surface area contributed by atoms with Gasteiger partial charge in [0.2, 0.25) is 0 Å². The summed E-state index contributed by atoms with van der Waals surface area (Å²) in [4.78, 5) is 6.39. The van der Waals surface area contributed by atoms with Crippen molar-refractivity contribution in [1.29, 1.82) is 0 Å². The standard InChI is InChI=1S/C14H24N8/c1-5-13-19-17-11-22(13)7-6-16-14(15-2)20(3)9-12-8-18-21(4)10-12/h8,10-11H,5-7,9H2,1-4H3,(H,15,16). The van der Waals surface area contributed by atoms with Gasteiger partial charge in [-0.3, -0.25) is 9.67 Å². The molecule has 0 saturated heterocycles. The van der Waals surface area contributed by atoms with Crippen LogP contribution in [0.4, 0.5) is 0 Å². The van der Waals surface area contributed by atoms with Gasteiger partial charge in [-0.25, -0.2) is 0 Å². The van der Waals surface area contributed by atoms with Gasteiger partial charge >= 0.3 is 0 Å². The molecular weight excluding hydrogens is 280 g/mol. The van der Waals surface area contributed by atoms with E-state index in [2.05, 4.69) is 42.0 Å². The van der Waals surface area contributed by atoms with Crippen molar-refractivity contribution < 1.29 is 0 Å². The van der Waals surface area contributed by atoms with Gasteiger partial charge in [-0.15, -0.1) is 10.2 Å². The van der Waals surface area contributed by atoms with E-state index in [0.29, 0.717) is 0 Å². The average Bonchev–Trinajstić information content (AvgIpc) is 3.12. The van der Waals surface area contributed by atoms with Crippen molar-refractivity contribution in [2.75, 3.05) is 20.6 Å². The zero-order valence-electron chi connectivity index (χ0n) is 13.7. The molecule has 0 saturated carbocycles. The topological polar surface area (TPSA) is 76.2 Å². The number of rotatable bonds is 6. The lowest BCUT2D eigenvalue weighted by molar-refractivity contribution is 0.472. The number of hydrogen-bond acceptors (Lipinski definition) is 4. The van der Waals surface area contributed by atoms with Crippen LogP contribution in [0.25, 0.3) is 0 Å². The number of nitrogens with one attached hydrogen (secondary N) is 1. The minimum atomic E-state index is 0.764. The van der Waals surface area contributed by atoms with Crippen LogP contribution in [0, 0.1) is 0 Å². The Morgan fingerprint density at radius 2 is 2.27 bits per heavy atom. The first-order valence-electron chi connectivity index (χ1n) is 7.40. The average molecular weight is 304 g/mol. The summed E-state index contributed by atoms with van der Waals surface area (Å²) in [6.45, 7) is 4.43. The Morgan fingerprint density at radius 1 is 1.45 bits per heavy atom. The lowest BCUT2D eigenvalue weighted by atomic mass is 10.3. The summed E-state index contributed by atoms with van der Waals surface area (Å²) in [5, 5.41) is 15.6. The van der Waals surface area contributed by atoms with Crippen molar-refractivity contribution >= 4 is 5.96 Å². The number of hydrogen-bond donors (Lipinski definition) is 1. The second kappa shape index (κ2) is 7.58. The Labute approximate surface area is 130 Å². The molecule has 0 radical (unpaired) electrons. The molecule has 0 aromatic carbocycles. The molecule has 2 aromatic rings. The highest BCUT2D eigenvalue weighted by molar-refractivity contribution is 5.79. The third-order valence-electron chi connectivity index (χ3n) is 3.40. The lowest BCUT2D eigenvalue weighted by Crippen LogP contribution is -2.39. The number of nitrogens with zero attached hydrogens (tertiary/aromatic N) is 7. The van der Waals surface area contributed by atoms with Gasteiger partial charge in [-0.05, 0) is 0 Å². The third kappa shape index (κ3) is 4.06. The first kappa shape index (κ1) is 16.0. The maximum Gasteiger partial charge on any atom is 0.193 e. The lowest BCUT2D eigenvalue weighted by Gasteiger charge is -2.21. The Hall–Kier alpha value is -2.38. The monoisotopic (exact) mass is 304 g/mol. The second-order valence-electron chi connectivity index (χ2n) is 5.15. The van der Waals surface area contributed by atoms with E-state index in [9.17, 15) is 0 Å². The maximum absolute atomic E-state index is 4.32. The first-order chi connectivity index (χ1) is 10.6. The number of aromatic nitrogens is 5. The van der Waals surface area contributed by atoms with Crippen molar-refractivity contribution in [2.45, 2.75) is 26.4 Å². The highest BCUT2D eigenvalue weighted by Gasteiger charge is 2.08. The summed E-state index contributed by atoms with van der Waals surface area (Å²) in [7, 11) is 5.72. The van der Waals surface area contributed by atoms with Crippen molar-refractivity contribution in [3.63, 3.8) is 0 Å². The summed E-state index contributed by atoms with van der Waals surface area (Å²) >= 11 is 0. The van der Waals surface area contributed by atoms with Gasteiger partial charge in [0.15, 0.2) is 5.96 Å². The van der Waals surface area contributed by atoms with Crippen molar-refractivity contribution in [3.8, 4) is 0 Å². The largest absolute Gasteiger partial charge is 0.354 e. The van der Waals surface area contributed by atoms with Crippen molar-refractivity contribution in [1.82, 2.24) is 34.8 Å². The van der Waals surface area contributed by atoms with Gasteiger partial charge in [0.25, 0.3) is 0 Å². The van der Waals surface area contributed by atoms with Gasteiger partial charge in [-0.2, -0.15) is 5.10 Å². The molecule has 2 aromatic heterocycles. The summed E-state index contributed by atoms with van der Waals surface area (Å²) in [5.74, 6) is 1.86. The van der Waals surface area contributed by atoms with Crippen LogP contribution in [0.15, 0.2) is 23.7 Å². The Balaban J connectivity index is 1.84. The van der Waals surface area contributed by atoms with Crippen LogP contribution in [0.1, 0.15) is 18.3 Å². The number of aliphatic imine (C=N–C) groups is 1. The molecule has 22 heavy (non-hydrogen) atoms. The summed E-state index contributed by atoms with van der Waals surface area (Å²) in [6.07, 6.45) is 6.53. The molecule has 2 heterocycles. The first-order valence-corrected chi connectivity index (χ1v) is 7.40. The molecule has 8 nitrogen and oxygen atoms in total. The molecule has 0 fully saturated rings. The molecule has 0 aliphatic heterocycles. The van der Waals surface area contributed by atoms with Crippen LogP contribution in [0.5, 0.6) is 0 Å². The predicted octanol–water partition coefficient (Wildman–Crippen LogP) is 0.281. The van der Waals surface area contributed by atoms with Crippen LogP contribution in [-0.4, -0.2) is 56.0 Å². The Morgan fingerprint density at radius 3 is 2.91 bits per heavy atom. The summed E-state index contributed by atoms with van der Waals surface area (Å²) < 4.78 is 3.86. The van der Waals surface area contributed by atoms with E-state index in [0.717, 1.165) is 43.4 Å². The second-order valence-corrected chi connectivity index (χ2v) is 5.15. The van der Waals surface area contributed by atoms with Gasteiger partial charge in [0.1, 0.15) is 12.2 Å². The SMILES string of the molecule is CCc1nncn1CCNC(=NC)N(C)Cc1cnn(C)c1. The molecule has 0 bridgehead atoms. The smallest absolute Gasteiger partial charge is 0.193 e. The molecule has 0 spiro atoms. The molecule has 0 unspecified atom stereocenters. The molecule has 8 heteroatoms. The molecule has 0 aliphatic rings. The van der Waals surface area contributed by atoms with E-state index in [1.54, 1.807) is 18.1 Å². The van der Waals surface area contributed by atoms with Crippen LogP contribution in [0.2, 0.25) is 0 Å². The van der Waals surface area contributed by atoms with E-state index >= 15 is 0 Å². The zero-order valence-corrected chi connectivity index (χ0v) is 13.7. The minimum absolute atomic E-state index is 0.764. The van der Waals surface area contributed by atoms with Crippen LogP contribution in [0.3, 0.4) is 0 Å². The molecule has 1 N–H and O–H groups in total. The zero-order chi connectivity index (χ0) is 15.9. The molecule has 120 valence electrons. The van der Waals surface area contributed by atoms with Crippen LogP contribution >= 0.6 is 0 Å². The quantitative estimate of drug-likeness (QED) is 0.613. The number of aryl methyl sites for hydroxylation is 2. The minimum Gasteiger partial charge on any atom is -0.354 e. The van der Waals surface area contributed by atoms with Crippen LogP contribution in [-0.2, 0) is 26.6 Å². The van der Waals surface area contributed by atoms with E-state index in [4.69, 9.17) is 0 Å². The fourth-order valence-electron chi connectivity index (χ4n) is 2.31. The third-order valence-corrected chi connectivity index (χ3v) is 3.40. The molecule has 0 atom stereocenters. The van der Waals surface area contributed by atoms with E-state index < -0.39 is 0 Å². The Kier molecular flexibility index (Phi) is 5.51. The van der Waals surface area contributed by atoms with E-state index in [1.165, 1.54) is 0 Å². The van der Waals surface area contributed by atoms with Gasteiger partial charge < -0.3 is 14.8 Å². The van der Waals surface area contributed by atoms with Gasteiger partial charge in [0.05, 0.1) is 6.20 Å². The summed E-state index contributed by atoms with van der Waals surface area (Å²) in [5.41, 5.74) is 1.15. The number of guanidine groups is 1. The van der Waals surface area contributed by atoms with Crippen LogP contribution < -0.4 is 5.32 Å². The fourth-order valence-corrected chi connectivity index (χ4v) is 2.31. The Bertz CT molecular complexity index is 612.